The molecule has 202 valence electrons. The van der Waals surface area contributed by atoms with Crippen LogP contribution >= 0.6 is 34.5 Å². The van der Waals surface area contributed by atoms with E-state index in [-0.39, 0.29) is 12.2 Å². The highest BCUT2D eigenvalue weighted by Gasteiger charge is 2.23. The molecule has 0 saturated heterocycles. The van der Waals surface area contributed by atoms with Crippen molar-refractivity contribution in [1.29, 1.82) is 0 Å². The van der Waals surface area contributed by atoms with E-state index < -0.39 is 11.9 Å². The monoisotopic (exact) mass is 584 g/mol. The average Bonchev–Trinajstić information content (AvgIpc) is 3.32. The van der Waals surface area contributed by atoms with Crippen molar-refractivity contribution in [2.24, 2.45) is 5.10 Å². The fourth-order valence-corrected chi connectivity index (χ4v) is 6.26. The first-order valence-electron chi connectivity index (χ1n) is 12.5. The zero-order chi connectivity index (χ0) is 27.5. The molecule has 1 atom stereocenters. The molecule has 0 unspecified atom stereocenters. The van der Waals surface area contributed by atoms with Gasteiger partial charge in [-0.3, -0.25) is 14.2 Å². The van der Waals surface area contributed by atoms with E-state index in [2.05, 4.69) is 15.5 Å². The first kappa shape index (κ1) is 27.2. The molecular formula is C28H26Cl2N4O4S. The van der Waals surface area contributed by atoms with E-state index in [1.807, 2.05) is 0 Å². The highest BCUT2D eigenvalue weighted by molar-refractivity contribution is 7.18. The Hall–Kier alpha value is -3.40. The van der Waals surface area contributed by atoms with Crippen molar-refractivity contribution in [3.8, 4) is 11.5 Å². The van der Waals surface area contributed by atoms with Crippen molar-refractivity contribution in [1.82, 2.24) is 15.0 Å². The number of hydrazone groups is 1. The van der Waals surface area contributed by atoms with E-state index in [0.717, 1.165) is 36.1 Å². The summed E-state index contributed by atoms with van der Waals surface area (Å²) >= 11 is 14.0. The molecule has 0 saturated carbocycles. The number of halogens is 2. The molecule has 1 aliphatic carbocycles. The number of carbonyl (C=O) groups excluding carboxylic acids is 1. The zero-order valence-electron chi connectivity index (χ0n) is 21.4. The normalized spacial score (nSPS) is 13.8. The van der Waals surface area contributed by atoms with Crippen LogP contribution in [0.4, 0.5) is 0 Å². The number of ether oxygens (including phenoxy) is 2. The standard InChI is InChI=1S/C28H26Cl2N4O4S/c1-16(34-15-31-27-25(28(34)36)18-6-3-4-9-24(18)39-27)26(35)33-32-13-17-10-11-22(23(12-17)37-2)38-14-19-20(29)7-5-8-21(19)30/h5,7-8,10-13,15-16H,3-4,6,9,14H2,1-2H3,(H,33,35)/b32-13-/t16-/m0/s1. The van der Waals surface area contributed by atoms with Crippen LogP contribution in [0, 0.1) is 0 Å². The molecule has 2 heterocycles. The molecule has 0 bridgehead atoms. The van der Waals surface area contributed by atoms with Gasteiger partial charge in [-0.1, -0.05) is 29.3 Å². The summed E-state index contributed by atoms with van der Waals surface area (Å²) in [5.41, 5.74) is 4.77. The molecule has 1 aliphatic rings. The Balaban J connectivity index is 1.26. The van der Waals surface area contributed by atoms with Crippen LogP contribution in [0.1, 0.15) is 47.4 Å². The van der Waals surface area contributed by atoms with Crippen LogP contribution in [-0.2, 0) is 24.2 Å². The lowest BCUT2D eigenvalue weighted by atomic mass is 9.97. The number of rotatable bonds is 8. The van der Waals surface area contributed by atoms with Crippen LogP contribution in [0.15, 0.2) is 52.6 Å². The van der Waals surface area contributed by atoms with Gasteiger partial charge in [0.2, 0.25) is 0 Å². The lowest BCUT2D eigenvalue weighted by Gasteiger charge is -2.14. The van der Waals surface area contributed by atoms with Gasteiger partial charge in [0.1, 0.15) is 17.5 Å². The topological polar surface area (TPSA) is 94.8 Å². The van der Waals surface area contributed by atoms with Gasteiger partial charge in [-0.15, -0.1) is 11.3 Å². The third-order valence-corrected chi connectivity index (χ3v) is 8.61. The molecule has 1 amide bonds. The molecular weight excluding hydrogens is 559 g/mol. The molecule has 5 rings (SSSR count). The number of nitrogens with zero attached hydrogens (tertiary/aromatic N) is 3. The number of carbonyl (C=O) groups is 1. The molecule has 0 fully saturated rings. The lowest BCUT2D eigenvalue weighted by molar-refractivity contribution is -0.123. The Bertz CT molecular complexity index is 1610. The van der Waals surface area contributed by atoms with Crippen molar-refractivity contribution in [3.05, 3.63) is 84.7 Å². The molecule has 11 heteroatoms. The Labute approximate surface area is 239 Å². The average molecular weight is 586 g/mol. The molecule has 0 radical (unpaired) electrons. The quantitative estimate of drug-likeness (QED) is 0.204. The van der Waals surface area contributed by atoms with Crippen LogP contribution in [0.5, 0.6) is 11.5 Å². The second kappa shape index (κ2) is 11.8. The second-order valence-corrected chi connectivity index (χ2v) is 11.1. The highest BCUT2D eigenvalue weighted by Crippen LogP contribution is 2.34. The second-order valence-electron chi connectivity index (χ2n) is 9.16. The number of hydrogen-bond acceptors (Lipinski definition) is 7. The summed E-state index contributed by atoms with van der Waals surface area (Å²) in [6.07, 6.45) is 6.98. The first-order chi connectivity index (χ1) is 18.9. The maximum atomic E-state index is 13.3. The van der Waals surface area contributed by atoms with Gasteiger partial charge in [-0.05, 0) is 74.1 Å². The summed E-state index contributed by atoms with van der Waals surface area (Å²) in [5.74, 6) is 0.551. The summed E-state index contributed by atoms with van der Waals surface area (Å²) in [4.78, 5) is 32.5. The molecule has 0 aliphatic heterocycles. The summed E-state index contributed by atoms with van der Waals surface area (Å²) in [7, 11) is 1.53. The van der Waals surface area contributed by atoms with Crippen molar-refractivity contribution < 1.29 is 14.3 Å². The smallest absolute Gasteiger partial charge is 0.263 e. The number of methoxy groups -OCH3 is 1. The third-order valence-electron chi connectivity index (χ3n) is 6.71. The van der Waals surface area contributed by atoms with Crippen molar-refractivity contribution in [3.63, 3.8) is 0 Å². The van der Waals surface area contributed by atoms with Gasteiger partial charge in [0.05, 0.1) is 25.0 Å². The third kappa shape index (κ3) is 5.66. The van der Waals surface area contributed by atoms with E-state index in [0.29, 0.717) is 38.1 Å². The number of nitrogens with one attached hydrogen (secondary N) is 1. The van der Waals surface area contributed by atoms with Crippen LogP contribution in [0.3, 0.4) is 0 Å². The summed E-state index contributed by atoms with van der Waals surface area (Å²) in [6.45, 7) is 1.82. The van der Waals surface area contributed by atoms with E-state index in [4.69, 9.17) is 32.7 Å². The largest absolute Gasteiger partial charge is 0.493 e. The van der Waals surface area contributed by atoms with Gasteiger partial charge in [-0.25, -0.2) is 10.4 Å². The van der Waals surface area contributed by atoms with Gasteiger partial charge in [0.25, 0.3) is 11.5 Å². The predicted octanol–water partition coefficient (Wildman–Crippen LogP) is 5.94. The SMILES string of the molecule is COc1cc(/C=N\NC(=O)[C@H](C)n2cnc3sc4c(c3c2=O)CCCC4)ccc1OCc1c(Cl)cccc1Cl. The van der Waals surface area contributed by atoms with Gasteiger partial charge in [0, 0.05) is 20.5 Å². The van der Waals surface area contributed by atoms with Crippen molar-refractivity contribution >= 4 is 56.9 Å². The molecule has 39 heavy (non-hydrogen) atoms. The van der Waals surface area contributed by atoms with Gasteiger partial charge in [0.15, 0.2) is 11.5 Å². The van der Waals surface area contributed by atoms with E-state index >= 15 is 0 Å². The van der Waals surface area contributed by atoms with Crippen molar-refractivity contribution in [2.75, 3.05) is 7.11 Å². The predicted molar refractivity (Wildman–Crippen MR) is 155 cm³/mol. The van der Waals surface area contributed by atoms with E-state index in [1.54, 1.807) is 54.7 Å². The van der Waals surface area contributed by atoms with Crippen LogP contribution in [0.2, 0.25) is 10.0 Å². The minimum Gasteiger partial charge on any atom is -0.493 e. The number of fused-ring (bicyclic) bond motifs is 3. The lowest BCUT2D eigenvalue weighted by Crippen LogP contribution is -2.34. The minimum atomic E-state index is -0.785. The number of aryl methyl sites for hydroxylation is 2. The zero-order valence-corrected chi connectivity index (χ0v) is 23.7. The molecule has 2 aromatic carbocycles. The summed E-state index contributed by atoms with van der Waals surface area (Å²) in [5, 5.41) is 5.75. The maximum absolute atomic E-state index is 13.3. The molecule has 8 nitrogen and oxygen atoms in total. The minimum absolute atomic E-state index is 0.171. The number of hydrogen-bond donors (Lipinski definition) is 1. The van der Waals surface area contributed by atoms with E-state index in [9.17, 15) is 9.59 Å². The van der Waals surface area contributed by atoms with Crippen LogP contribution in [-0.4, -0.2) is 28.8 Å². The van der Waals surface area contributed by atoms with Crippen LogP contribution < -0.4 is 20.5 Å². The Morgan fingerprint density at radius 1 is 1.21 bits per heavy atom. The summed E-state index contributed by atoms with van der Waals surface area (Å²) in [6, 6.07) is 9.71. The fraction of sp³-hybridized carbons (Fsp3) is 0.286. The first-order valence-corrected chi connectivity index (χ1v) is 14.0. The number of benzene rings is 2. The van der Waals surface area contributed by atoms with E-state index in [1.165, 1.54) is 29.1 Å². The number of thiophene rings is 1. The van der Waals surface area contributed by atoms with Gasteiger partial charge in [-0.2, -0.15) is 5.10 Å². The molecule has 2 aromatic heterocycles. The fourth-order valence-electron chi connectivity index (χ4n) is 4.53. The summed E-state index contributed by atoms with van der Waals surface area (Å²) < 4.78 is 12.7. The maximum Gasteiger partial charge on any atom is 0.263 e. The Morgan fingerprint density at radius 3 is 2.74 bits per heavy atom. The molecule has 0 spiro atoms. The highest BCUT2D eigenvalue weighted by atomic mass is 35.5. The van der Waals surface area contributed by atoms with Gasteiger partial charge < -0.3 is 9.47 Å². The number of amides is 1. The molecule has 1 N–H and O–H groups in total. The Kier molecular flexibility index (Phi) is 8.20. The van der Waals surface area contributed by atoms with Crippen molar-refractivity contribution in [2.45, 2.75) is 45.3 Å². The molecule has 4 aromatic rings. The van der Waals surface area contributed by atoms with Crippen LogP contribution in [0.25, 0.3) is 10.2 Å². The number of aromatic nitrogens is 2. The van der Waals surface area contributed by atoms with Gasteiger partial charge >= 0.3 is 0 Å². The Morgan fingerprint density at radius 2 is 1.97 bits per heavy atom.